The van der Waals surface area contributed by atoms with Crippen molar-refractivity contribution in [2.24, 2.45) is 0 Å². The molecule has 2 heterocycles. The van der Waals surface area contributed by atoms with Crippen molar-refractivity contribution in [3.63, 3.8) is 0 Å². The molecule has 0 aromatic carbocycles. The van der Waals surface area contributed by atoms with E-state index in [1.54, 1.807) is 27.7 Å². The molecule has 1 amide bonds. The third-order valence-corrected chi connectivity index (χ3v) is 4.87. The fourth-order valence-electron chi connectivity index (χ4n) is 2.47. The third kappa shape index (κ3) is 4.60. The first kappa shape index (κ1) is 18.5. The minimum atomic E-state index is -4.15. The second kappa shape index (κ2) is 6.98. The van der Waals surface area contributed by atoms with E-state index in [-0.39, 0.29) is 6.04 Å². The van der Waals surface area contributed by atoms with Gasteiger partial charge in [-0.2, -0.15) is 13.5 Å². The molecule has 1 saturated heterocycles. The number of carbonyl (C=O) groups excluding carboxylic acids is 1. The number of ether oxygens (including phenoxy) is 2. The number of anilines is 1. The highest BCUT2D eigenvalue weighted by Crippen LogP contribution is 2.27. The summed E-state index contributed by atoms with van der Waals surface area (Å²) in [5.41, 5.74) is 0.128. The highest BCUT2D eigenvalue weighted by atomic mass is 32.2. The van der Waals surface area contributed by atoms with Gasteiger partial charge in [-0.1, -0.05) is 0 Å². The van der Waals surface area contributed by atoms with Crippen LogP contribution in [0.25, 0.3) is 0 Å². The lowest BCUT2D eigenvalue weighted by atomic mass is 10.1. The first-order chi connectivity index (χ1) is 11.1. The van der Waals surface area contributed by atoms with Gasteiger partial charge in [0.05, 0.1) is 17.4 Å². The topological polar surface area (TPSA) is 114 Å². The number of aromatic nitrogens is 2. The van der Waals surface area contributed by atoms with E-state index in [1.807, 2.05) is 4.72 Å². The van der Waals surface area contributed by atoms with Gasteiger partial charge in [0.2, 0.25) is 0 Å². The normalized spacial score (nSPS) is 16.7. The molecule has 1 aromatic rings. The minimum absolute atomic E-state index is 0.324. The van der Waals surface area contributed by atoms with Crippen LogP contribution in [0.4, 0.5) is 10.5 Å². The van der Waals surface area contributed by atoms with E-state index in [1.165, 1.54) is 10.5 Å². The summed E-state index contributed by atoms with van der Waals surface area (Å²) in [4.78, 5) is 11.9. The van der Waals surface area contributed by atoms with Crippen LogP contribution in [0.15, 0.2) is 6.20 Å². The Balaban J connectivity index is 2.28. The highest BCUT2D eigenvalue weighted by Gasteiger charge is 2.35. The molecule has 9 nitrogen and oxygen atoms in total. The highest BCUT2D eigenvalue weighted by molar-refractivity contribution is 7.91. The van der Waals surface area contributed by atoms with Crippen molar-refractivity contribution in [1.29, 1.82) is 0 Å². The number of amides is 1. The molecule has 1 aliphatic rings. The molecule has 0 unspecified atom stereocenters. The lowest BCUT2D eigenvalue weighted by Crippen LogP contribution is -2.51. The second-order valence-corrected chi connectivity index (χ2v) is 8.15. The van der Waals surface area contributed by atoms with Crippen LogP contribution in [0, 0.1) is 6.92 Å². The monoisotopic (exact) mass is 360 g/mol. The summed E-state index contributed by atoms with van der Waals surface area (Å²) in [6.45, 7) is 7.60. The number of rotatable bonds is 4. The van der Waals surface area contributed by atoms with Crippen LogP contribution in [0.5, 0.6) is 0 Å². The van der Waals surface area contributed by atoms with Gasteiger partial charge in [0.1, 0.15) is 5.60 Å². The zero-order valence-electron chi connectivity index (χ0n) is 14.3. The van der Waals surface area contributed by atoms with Crippen molar-refractivity contribution in [3.8, 4) is 0 Å². The molecule has 2 N–H and O–H groups in total. The fourth-order valence-corrected chi connectivity index (χ4v) is 3.87. The van der Waals surface area contributed by atoms with Crippen LogP contribution >= 0.6 is 0 Å². The van der Waals surface area contributed by atoms with Gasteiger partial charge in [0, 0.05) is 19.4 Å². The Bertz CT molecular complexity index is 674. The van der Waals surface area contributed by atoms with Gasteiger partial charge in [-0.3, -0.25) is 5.10 Å². The quantitative estimate of drug-likeness (QED) is 0.840. The molecule has 1 fully saturated rings. The first-order valence-corrected chi connectivity index (χ1v) is 9.17. The molecule has 1 aromatic heterocycles. The number of nitrogens with zero attached hydrogens (tertiary/aromatic N) is 2. The molecule has 136 valence electrons. The summed E-state index contributed by atoms with van der Waals surface area (Å²) in [6.07, 6.45) is 1.54. The zero-order valence-corrected chi connectivity index (χ0v) is 15.1. The Labute approximate surface area is 141 Å². The summed E-state index contributed by atoms with van der Waals surface area (Å²) in [7, 11) is -4.15. The molecule has 1 aliphatic heterocycles. The number of H-pyrrole nitrogens is 1. The maximum Gasteiger partial charge on any atom is 0.422 e. The van der Waals surface area contributed by atoms with E-state index in [4.69, 9.17) is 9.47 Å². The van der Waals surface area contributed by atoms with Crippen molar-refractivity contribution in [1.82, 2.24) is 14.9 Å². The van der Waals surface area contributed by atoms with E-state index in [0.717, 1.165) is 0 Å². The van der Waals surface area contributed by atoms with Crippen molar-refractivity contribution in [3.05, 3.63) is 11.9 Å². The molecule has 0 aliphatic carbocycles. The molecule has 0 atom stereocenters. The van der Waals surface area contributed by atoms with Gasteiger partial charge in [0.15, 0.2) is 0 Å². The van der Waals surface area contributed by atoms with Crippen LogP contribution in [0.1, 0.15) is 39.3 Å². The van der Waals surface area contributed by atoms with E-state index in [0.29, 0.717) is 37.4 Å². The molecular weight excluding hydrogens is 336 g/mol. The summed E-state index contributed by atoms with van der Waals surface area (Å²) in [5.74, 6) is 0. The van der Waals surface area contributed by atoms with E-state index in [9.17, 15) is 13.2 Å². The largest absolute Gasteiger partial charge is 0.443 e. The molecule has 2 rings (SSSR count). The Kier molecular flexibility index (Phi) is 5.38. The Morgan fingerprint density at radius 3 is 2.54 bits per heavy atom. The van der Waals surface area contributed by atoms with Gasteiger partial charge in [-0.15, -0.1) is 0 Å². The number of carbonyl (C=O) groups is 1. The fraction of sp³-hybridized carbons (Fsp3) is 0.714. The second-order valence-electron chi connectivity index (χ2n) is 6.60. The van der Waals surface area contributed by atoms with Crippen molar-refractivity contribution >= 4 is 22.0 Å². The predicted octanol–water partition coefficient (Wildman–Crippen LogP) is 1.47. The maximum absolute atomic E-state index is 12.8. The van der Waals surface area contributed by atoms with Crippen LogP contribution in [0.3, 0.4) is 0 Å². The smallest absolute Gasteiger partial charge is 0.422 e. The van der Waals surface area contributed by atoms with Crippen molar-refractivity contribution in [2.75, 3.05) is 17.5 Å². The van der Waals surface area contributed by atoms with E-state index in [2.05, 4.69) is 10.2 Å². The summed E-state index contributed by atoms with van der Waals surface area (Å²) < 4.78 is 39.1. The number of nitrogens with one attached hydrogen (secondary N) is 2. The van der Waals surface area contributed by atoms with Crippen LogP contribution in [0.2, 0.25) is 0 Å². The minimum Gasteiger partial charge on any atom is -0.443 e. The predicted molar refractivity (Wildman–Crippen MR) is 87.9 cm³/mol. The summed E-state index contributed by atoms with van der Waals surface area (Å²) in [5, 5.41) is 6.63. The number of hydrogen-bond acceptors (Lipinski definition) is 6. The van der Waals surface area contributed by atoms with Crippen LogP contribution < -0.4 is 9.03 Å². The average Bonchev–Trinajstić information content (AvgIpc) is 2.83. The van der Waals surface area contributed by atoms with Crippen molar-refractivity contribution < 1.29 is 22.7 Å². The van der Waals surface area contributed by atoms with Gasteiger partial charge in [-0.25, -0.2) is 13.8 Å². The Morgan fingerprint density at radius 1 is 1.42 bits per heavy atom. The van der Waals surface area contributed by atoms with Gasteiger partial charge in [-0.05, 0) is 40.5 Å². The molecule has 0 spiro atoms. The van der Waals surface area contributed by atoms with E-state index >= 15 is 0 Å². The zero-order chi connectivity index (χ0) is 18.0. The Hall–Kier alpha value is -1.81. The maximum atomic E-state index is 12.8. The Morgan fingerprint density at radius 2 is 2.04 bits per heavy atom. The number of hydrogen-bond donors (Lipinski definition) is 2. The van der Waals surface area contributed by atoms with Crippen LogP contribution in [-0.2, 0) is 19.7 Å². The standard InChI is InChI=1S/C14H24N4O5S/c1-10-12(9-15-16-10)18(11-5-7-22-8-6-11)24(20,21)17-13(19)23-14(2,3)4/h9,11H,5-8H2,1-4H3,(H,15,16)(H,17,19). The molecule has 10 heteroatoms. The number of aromatic amines is 1. The molecule has 24 heavy (non-hydrogen) atoms. The molecule has 0 saturated carbocycles. The summed E-state index contributed by atoms with van der Waals surface area (Å²) >= 11 is 0. The molecular formula is C14H24N4O5S. The van der Waals surface area contributed by atoms with E-state index < -0.39 is 21.9 Å². The first-order valence-electron chi connectivity index (χ1n) is 7.73. The lowest BCUT2D eigenvalue weighted by Gasteiger charge is -2.34. The summed E-state index contributed by atoms with van der Waals surface area (Å²) in [6, 6.07) is -0.324. The van der Waals surface area contributed by atoms with Crippen molar-refractivity contribution in [2.45, 2.75) is 52.2 Å². The van der Waals surface area contributed by atoms with Gasteiger partial charge >= 0.3 is 16.3 Å². The SMILES string of the molecule is Cc1n[nH]cc1N(C1CCOCC1)S(=O)(=O)NC(=O)OC(C)(C)C. The third-order valence-electron chi connectivity index (χ3n) is 3.43. The van der Waals surface area contributed by atoms with Gasteiger partial charge in [0.25, 0.3) is 0 Å². The van der Waals surface area contributed by atoms with Gasteiger partial charge < -0.3 is 9.47 Å². The average molecular weight is 360 g/mol. The molecule has 0 bridgehead atoms. The van der Waals surface area contributed by atoms with Crippen LogP contribution in [-0.4, -0.2) is 49.6 Å². The lowest BCUT2D eigenvalue weighted by molar-refractivity contribution is 0.0569. The number of aryl methyl sites for hydroxylation is 1. The molecule has 0 radical (unpaired) electrons.